The molecule has 1 aliphatic rings. The van der Waals surface area contributed by atoms with Crippen molar-refractivity contribution in [3.8, 4) is 11.5 Å². The van der Waals surface area contributed by atoms with Crippen molar-refractivity contribution in [1.29, 1.82) is 0 Å². The Balaban J connectivity index is 1.62. The lowest BCUT2D eigenvalue weighted by atomic mass is 9.96. The molecule has 0 unspecified atom stereocenters. The quantitative estimate of drug-likeness (QED) is 0.361. The standard InChI is InChI=1S/C24H30N4O6/c1-33-20-14-18(19(28(31)32)15-21(20)34-2)10-13-25-22(29)24(11-6-7-12-24)27-23(30)26-16-17-8-4-3-5-9-17/h3-5,8-9,14-15H,6-7,10-13,16H2,1-2H3,(H,25,29)(H2,26,27,30). The summed E-state index contributed by atoms with van der Waals surface area (Å²) in [5.41, 5.74) is 0.265. The fourth-order valence-electron chi connectivity index (χ4n) is 4.19. The average molecular weight is 471 g/mol. The van der Waals surface area contributed by atoms with Gasteiger partial charge in [-0.3, -0.25) is 14.9 Å². The summed E-state index contributed by atoms with van der Waals surface area (Å²) in [6.45, 7) is 0.525. The van der Waals surface area contributed by atoms with Gasteiger partial charge in [-0.25, -0.2) is 4.79 Å². The van der Waals surface area contributed by atoms with E-state index in [1.807, 2.05) is 30.3 Å². The SMILES string of the molecule is COc1cc(CCNC(=O)C2(NC(=O)NCc3ccccc3)CCCC2)c([N+](=O)[O-])cc1OC. The number of rotatable bonds is 10. The van der Waals surface area contributed by atoms with Crippen LogP contribution in [-0.2, 0) is 17.8 Å². The number of nitrogens with zero attached hydrogens (tertiary/aromatic N) is 1. The van der Waals surface area contributed by atoms with Crippen molar-refractivity contribution in [3.63, 3.8) is 0 Å². The third-order valence-electron chi connectivity index (χ3n) is 6.00. The van der Waals surface area contributed by atoms with Gasteiger partial charge in [0, 0.05) is 18.7 Å². The van der Waals surface area contributed by atoms with E-state index in [0.29, 0.717) is 30.7 Å². The molecular formula is C24H30N4O6. The molecule has 0 spiro atoms. The molecule has 2 aromatic carbocycles. The normalized spacial score (nSPS) is 14.2. The van der Waals surface area contributed by atoms with Crippen molar-refractivity contribution in [2.75, 3.05) is 20.8 Å². The zero-order valence-corrected chi connectivity index (χ0v) is 19.4. The zero-order chi connectivity index (χ0) is 24.6. The first kappa shape index (κ1) is 24.8. The van der Waals surface area contributed by atoms with Gasteiger partial charge in [0.15, 0.2) is 11.5 Å². The van der Waals surface area contributed by atoms with Gasteiger partial charge in [0.1, 0.15) is 5.54 Å². The van der Waals surface area contributed by atoms with Crippen molar-refractivity contribution in [2.24, 2.45) is 0 Å². The lowest BCUT2D eigenvalue weighted by Gasteiger charge is -2.29. The highest BCUT2D eigenvalue weighted by molar-refractivity contribution is 5.91. The van der Waals surface area contributed by atoms with Crippen LogP contribution in [0.2, 0.25) is 0 Å². The van der Waals surface area contributed by atoms with Crippen molar-refractivity contribution in [1.82, 2.24) is 16.0 Å². The molecule has 1 aliphatic carbocycles. The number of nitro benzene ring substituents is 1. The Kier molecular flexibility index (Phi) is 8.29. The number of nitrogens with one attached hydrogen (secondary N) is 3. The fourth-order valence-corrected chi connectivity index (χ4v) is 4.19. The van der Waals surface area contributed by atoms with Gasteiger partial charge < -0.3 is 25.4 Å². The molecule has 0 bridgehead atoms. The predicted molar refractivity (Wildman–Crippen MR) is 126 cm³/mol. The molecule has 1 fully saturated rings. The summed E-state index contributed by atoms with van der Waals surface area (Å²) in [4.78, 5) is 36.6. The summed E-state index contributed by atoms with van der Waals surface area (Å²) in [7, 11) is 2.86. The van der Waals surface area contributed by atoms with Crippen LogP contribution in [0, 0.1) is 10.1 Å². The minimum Gasteiger partial charge on any atom is -0.493 e. The smallest absolute Gasteiger partial charge is 0.315 e. The minimum atomic E-state index is -0.996. The van der Waals surface area contributed by atoms with Crippen LogP contribution in [0.5, 0.6) is 11.5 Å². The average Bonchev–Trinajstić information content (AvgIpc) is 3.32. The van der Waals surface area contributed by atoms with Crippen LogP contribution in [0.4, 0.5) is 10.5 Å². The van der Waals surface area contributed by atoms with Crippen molar-refractivity contribution < 1.29 is 24.0 Å². The van der Waals surface area contributed by atoms with Crippen LogP contribution < -0.4 is 25.4 Å². The van der Waals surface area contributed by atoms with Crippen LogP contribution in [0.1, 0.15) is 36.8 Å². The highest BCUT2D eigenvalue weighted by Crippen LogP contribution is 2.35. The molecule has 182 valence electrons. The molecule has 0 atom stereocenters. The number of amides is 3. The van der Waals surface area contributed by atoms with Gasteiger partial charge in [0.2, 0.25) is 5.91 Å². The van der Waals surface area contributed by atoms with Gasteiger partial charge in [-0.15, -0.1) is 0 Å². The topological polar surface area (TPSA) is 132 Å². The summed E-state index contributed by atoms with van der Waals surface area (Å²) in [6.07, 6.45) is 2.95. The zero-order valence-electron chi connectivity index (χ0n) is 19.4. The molecule has 0 heterocycles. The number of methoxy groups -OCH3 is 2. The largest absolute Gasteiger partial charge is 0.493 e. The Labute approximate surface area is 198 Å². The summed E-state index contributed by atoms with van der Waals surface area (Å²) >= 11 is 0. The summed E-state index contributed by atoms with van der Waals surface area (Å²) in [6, 6.07) is 12.0. The van der Waals surface area contributed by atoms with E-state index in [4.69, 9.17) is 9.47 Å². The summed E-state index contributed by atoms with van der Waals surface area (Å²) in [5.74, 6) is 0.346. The first-order valence-corrected chi connectivity index (χ1v) is 11.2. The van der Waals surface area contributed by atoms with Gasteiger partial charge in [-0.2, -0.15) is 0 Å². The first-order valence-electron chi connectivity index (χ1n) is 11.2. The van der Waals surface area contributed by atoms with E-state index >= 15 is 0 Å². The van der Waals surface area contributed by atoms with Crippen molar-refractivity contribution >= 4 is 17.6 Å². The second kappa shape index (κ2) is 11.4. The summed E-state index contributed by atoms with van der Waals surface area (Å²) < 4.78 is 10.4. The molecule has 1 saturated carbocycles. The monoisotopic (exact) mass is 470 g/mol. The maximum atomic E-state index is 13.1. The number of nitro groups is 1. The minimum absolute atomic E-state index is 0.110. The van der Waals surface area contributed by atoms with E-state index in [1.165, 1.54) is 20.3 Å². The first-order chi connectivity index (χ1) is 16.4. The maximum absolute atomic E-state index is 13.1. The molecule has 3 N–H and O–H groups in total. The van der Waals surface area contributed by atoms with Gasteiger partial charge in [-0.1, -0.05) is 43.2 Å². The Morgan fingerprint density at radius 1 is 1.03 bits per heavy atom. The molecule has 0 aliphatic heterocycles. The van der Waals surface area contributed by atoms with E-state index < -0.39 is 16.5 Å². The van der Waals surface area contributed by atoms with Crippen LogP contribution in [0.3, 0.4) is 0 Å². The number of hydrogen-bond acceptors (Lipinski definition) is 6. The number of hydrogen-bond donors (Lipinski definition) is 3. The van der Waals surface area contributed by atoms with E-state index in [0.717, 1.165) is 18.4 Å². The third-order valence-corrected chi connectivity index (χ3v) is 6.00. The van der Waals surface area contributed by atoms with Crippen molar-refractivity contribution in [3.05, 3.63) is 63.7 Å². The Hall–Kier alpha value is -3.82. The molecule has 0 aromatic heterocycles. The van der Waals surface area contributed by atoms with Gasteiger partial charge >= 0.3 is 6.03 Å². The second-order valence-electron chi connectivity index (χ2n) is 8.18. The number of ether oxygens (including phenoxy) is 2. The molecule has 3 rings (SSSR count). The third kappa shape index (κ3) is 5.94. The maximum Gasteiger partial charge on any atom is 0.315 e. The number of benzene rings is 2. The van der Waals surface area contributed by atoms with Crippen molar-refractivity contribution in [2.45, 2.75) is 44.2 Å². The molecular weight excluding hydrogens is 440 g/mol. The van der Waals surface area contributed by atoms with Crippen LogP contribution in [0.25, 0.3) is 0 Å². The molecule has 34 heavy (non-hydrogen) atoms. The van der Waals surface area contributed by atoms with E-state index in [2.05, 4.69) is 16.0 Å². The molecule has 0 radical (unpaired) electrons. The lowest BCUT2D eigenvalue weighted by Crippen LogP contribution is -2.59. The predicted octanol–water partition coefficient (Wildman–Crippen LogP) is 3.08. The van der Waals surface area contributed by atoms with E-state index in [-0.39, 0.29) is 30.3 Å². The van der Waals surface area contributed by atoms with Crippen LogP contribution >= 0.6 is 0 Å². The van der Waals surface area contributed by atoms with Gasteiger partial charge in [-0.05, 0) is 30.9 Å². The highest BCUT2D eigenvalue weighted by Gasteiger charge is 2.42. The van der Waals surface area contributed by atoms with Crippen LogP contribution in [0.15, 0.2) is 42.5 Å². The Morgan fingerprint density at radius 3 is 2.29 bits per heavy atom. The molecule has 10 heteroatoms. The van der Waals surface area contributed by atoms with E-state index in [9.17, 15) is 19.7 Å². The number of carbonyl (C=O) groups is 2. The second-order valence-corrected chi connectivity index (χ2v) is 8.18. The highest BCUT2D eigenvalue weighted by atomic mass is 16.6. The molecule has 10 nitrogen and oxygen atoms in total. The molecule has 3 amide bonds. The lowest BCUT2D eigenvalue weighted by molar-refractivity contribution is -0.385. The Bertz CT molecular complexity index is 1020. The van der Waals surface area contributed by atoms with Gasteiger partial charge in [0.05, 0.1) is 25.2 Å². The summed E-state index contributed by atoms with van der Waals surface area (Å²) in [5, 5.41) is 20.0. The Morgan fingerprint density at radius 2 is 1.68 bits per heavy atom. The number of urea groups is 1. The van der Waals surface area contributed by atoms with Gasteiger partial charge in [0.25, 0.3) is 5.69 Å². The fraction of sp³-hybridized carbons (Fsp3) is 0.417. The molecule has 0 saturated heterocycles. The van der Waals surface area contributed by atoms with E-state index in [1.54, 1.807) is 6.07 Å². The van der Waals surface area contributed by atoms with Crippen LogP contribution in [-0.4, -0.2) is 43.2 Å². The molecule has 2 aromatic rings. The number of carbonyl (C=O) groups excluding carboxylic acids is 2.